The first kappa shape index (κ1) is 15.8. The molecule has 116 valence electrons. The number of hydrogen-bond donors (Lipinski definition) is 2. The lowest BCUT2D eigenvalue weighted by molar-refractivity contribution is -0.119. The lowest BCUT2D eigenvalue weighted by Gasteiger charge is -2.36. The highest BCUT2D eigenvalue weighted by molar-refractivity contribution is 5.84. The zero-order valence-corrected chi connectivity index (χ0v) is 12.7. The highest BCUT2D eigenvalue weighted by Crippen LogP contribution is 2.27. The van der Waals surface area contributed by atoms with Crippen LogP contribution in [0.2, 0.25) is 0 Å². The summed E-state index contributed by atoms with van der Waals surface area (Å²) in [5.74, 6) is -0.225. The SMILES string of the molecule is COCCNCc1ccccc1N1CCCCC1C(N)=O. The molecule has 1 aliphatic heterocycles. The maximum absolute atomic E-state index is 11.7. The molecule has 0 radical (unpaired) electrons. The molecule has 21 heavy (non-hydrogen) atoms. The molecule has 1 aromatic rings. The largest absolute Gasteiger partial charge is 0.383 e. The molecule has 5 heteroatoms. The number of nitrogens with one attached hydrogen (secondary N) is 1. The van der Waals surface area contributed by atoms with E-state index in [1.807, 2.05) is 12.1 Å². The minimum atomic E-state index is -0.225. The van der Waals surface area contributed by atoms with Crippen LogP contribution in [0, 0.1) is 0 Å². The number of nitrogens with zero attached hydrogens (tertiary/aromatic N) is 1. The van der Waals surface area contributed by atoms with Gasteiger partial charge < -0.3 is 20.7 Å². The monoisotopic (exact) mass is 291 g/mol. The van der Waals surface area contributed by atoms with Crippen LogP contribution in [0.5, 0.6) is 0 Å². The van der Waals surface area contributed by atoms with Crippen LogP contribution >= 0.6 is 0 Å². The number of ether oxygens (including phenoxy) is 1. The van der Waals surface area contributed by atoms with E-state index in [1.165, 1.54) is 5.56 Å². The third-order valence-electron chi connectivity index (χ3n) is 3.93. The van der Waals surface area contributed by atoms with Crippen molar-refractivity contribution in [1.82, 2.24) is 5.32 Å². The summed E-state index contributed by atoms with van der Waals surface area (Å²) in [6, 6.07) is 8.04. The summed E-state index contributed by atoms with van der Waals surface area (Å²) in [6.07, 6.45) is 3.02. The van der Waals surface area contributed by atoms with Gasteiger partial charge in [0.15, 0.2) is 0 Å². The van der Waals surface area contributed by atoms with Crippen LogP contribution in [0.3, 0.4) is 0 Å². The maximum atomic E-state index is 11.7. The first-order valence-electron chi connectivity index (χ1n) is 7.57. The number of piperidine rings is 1. The Morgan fingerprint density at radius 1 is 1.43 bits per heavy atom. The lowest BCUT2D eigenvalue weighted by atomic mass is 9.99. The molecule has 1 unspecified atom stereocenters. The molecule has 0 bridgehead atoms. The molecule has 1 amide bonds. The van der Waals surface area contributed by atoms with Crippen LogP contribution in [-0.4, -0.2) is 38.8 Å². The second kappa shape index (κ2) is 8.00. The molecule has 0 aromatic heterocycles. The van der Waals surface area contributed by atoms with Crippen LogP contribution in [0.4, 0.5) is 5.69 Å². The fourth-order valence-electron chi connectivity index (χ4n) is 2.85. The molecular formula is C16H25N3O2. The fraction of sp³-hybridized carbons (Fsp3) is 0.562. The van der Waals surface area contributed by atoms with Gasteiger partial charge in [0.25, 0.3) is 0 Å². The molecule has 0 aliphatic carbocycles. The van der Waals surface area contributed by atoms with Crippen LogP contribution in [0.1, 0.15) is 24.8 Å². The Labute approximate surface area is 126 Å². The Bertz CT molecular complexity index is 465. The van der Waals surface area contributed by atoms with E-state index < -0.39 is 0 Å². The van der Waals surface area contributed by atoms with Crippen molar-refractivity contribution < 1.29 is 9.53 Å². The second-order valence-corrected chi connectivity index (χ2v) is 5.41. The minimum Gasteiger partial charge on any atom is -0.383 e. The molecule has 1 atom stereocenters. The molecule has 1 fully saturated rings. The molecule has 3 N–H and O–H groups in total. The van der Waals surface area contributed by atoms with Crippen LogP contribution in [-0.2, 0) is 16.1 Å². The van der Waals surface area contributed by atoms with Crippen molar-refractivity contribution in [1.29, 1.82) is 0 Å². The van der Waals surface area contributed by atoms with E-state index in [-0.39, 0.29) is 11.9 Å². The predicted molar refractivity (Wildman–Crippen MR) is 84.2 cm³/mol. The van der Waals surface area contributed by atoms with E-state index in [2.05, 4.69) is 22.3 Å². The number of methoxy groups -OCH3 is 1. The maximum Gasteiger partial charge on any atom is 0.240 e. The van der Waals surface area contributed by atoms with Gasteiger partial charge in [-0.2, -0.15) is 0 Å². The zero-order valence-electron chi connectivity index (χ0n) is 12.7. The molecule has 0 spiro atoms. The number of benzene rings is 1. The van der Waals surface area contributed by atoms with Crippen molar-refractivity contribution in [2.45, 2.75) is 31.8 Å². The van der Waals surface area contributed by atoms with Crippen molar-refractivity contribution >= 4 is 11.6 Å². The van der Waals surface area contributed by atoms with Crippen molar-refractivity contribution in [2.24, 2.45) is 5.73 Å². The number of nitrogens with two attached hydrogens (primary N) is 1. The number of para-hydroxylation sites is 1. The number of rotatable bonds is 7. The number of carbonyl (C=O) groups excluding carboxylic acids is 1. The smallest absolute Gasteiger partial charge is 0.240 e. The number of amides is 1. The number of carbonyl (C=O) groups is 1. The quantitative estimate of drug-likeness (QED) is 0.742. The molecule has 1 saturated heterocycles. The van der Waals surface area contributed by atoms with E-state index in [1.54, 1.807) is 7.11 Å². The highest BCUT2D eigenvalue weighted by atomic mass is 16.5. The van der Waals surface area contributed by atoms with Crippen molar-refractivity contribution in [3.8, 4) is 0 Å². The van der Waals surface area contributed by atoms with Gasteiger partial charge in [-0.1, -0.05) is 18.2 Å². The average molecular weight is 291 g/mol. The third-order valence-corrected chi connectivity index (χ3v) is 3.93. The molecule has 5 nitrogen and oxygen atoms in total. The van der Waals surface area contributed by atoms with Gasteiger partial charge in [-0.25, -0.2) is 0 Å². The lowest BCUT2D eigenvalue weighted by Crippen LogP contribution is -2.48. The van der Waals surface area contributed by atoms with Crippen LogP contribution in [0.15, 0.2) is 24.3 Å². The second-order valence-electron chi connectivity index (χ2n) is 5.41. The van der Waals surface area contributed by atoms with E-state index in [9.17, 15) is 4.79 Å². The van der Waals surface area contributed by atoms with Gasteiger partial charge in [0, 0.05) is 32.4 Å². The van der Waals surface area contributed by atoms with Gasteiger partial charge in [0.05, 0.1) is 6.61 Å². The summed E-state index contributed by atoms with van der Waals surface area (Å²) in [5.41, 5.74) is 7.88. The van der Waals surface area contributed by atoms with Crippen LogP contribution < -0.4 is 16.0 Å². The number of hydrogen-bond acceptors (Lipinski definition) is 4. The van der Waals surface area contributed by atoms with Crippen molar-refractivity contribution in [3.05, 3.63) is 29.8 Å². The summed E-state index contributed by atoms with van der Waals surface area (Å²) in [4.78, 5) is 13.9. The average Bonchev–Trinajstić information content (AvgIpc) is 2.52. The van der Waals surface area contributed by atoms with E-state index in [4.69, 9.17) is 10.5 Å². The molecule has 1 aliphatic rings. The van der Waals surface area contributed by atoms with Gasteiger partial charge in [0.1, 0.15) is 6.04 Å². The molecule has 1 aromatic carbocycles. The minimum absolute atomic E-state index is 0.182. The summed E-state index contributed by atoms with van der Waals surface area (Å²) >= 11 is 0. The fourth-order valence-corrected chi connectivity index (χ4v) is 2.85. The molecule has 1 heterocycles. The molecular weight excluding hydrogens is 266 g/mol. The highest BCUT2D eigenvalue weighted by Gasteiger charge is 2.28. The molecule has 0 saturated carbocycles. The zero-order chi connectivity index (χ0) is 15.1. The normalized spacial score (nSPS) is 18.7. The van der Waals surface area contributed by atoms with E-state index >= 15 is 0 Å². The Morgan fingerprint density at radius 2 is 2.24 bits per heavy atom. The summed E-state index contributed by atoms with van der Waals surface area (Å²) in [6.45, 7) is 3.16. The summed E-state index contributed by atoms with van der Waals surface area (Å²) in [7, 11) is 1.70. The first-order chi connectivity index (χ1) is 10.2. The number of anilines is 1. The topological polar surface area (TPSA) is 67.6 Å². The standard InChI is InChI=1S/C16H25N3O2/c1-21-11-9-18-12-13-6-2-3-7-14(13)19-10-5-4-8-15(19)16(17)20/h2-3,6-7,15,18H,4-5,8-12H2,1H3,(H2,17,20). The van der Waals surface area contributed by atoms with Gasteiger partial charge in [0.2, 0.25) is 5.91 Å². The Balaban J connectivity index is 2.11. The predicted octanol–water partition coefficient (Wildman–Crippen LogP) is 1.27. The Kier molecular flexibility index (Phi) is 6.02. The Morgan fingerprint density at radius 3 is 3.00 bits per heavy atom. The summed E-state index contributed by atoms with van der Waals surface area (Å²) in [5, 5.41) is 3.36. The first-order valence-corrected chi connectivity index (χ1v) is 7.57. The summed E-state index contributed by atoms with van der Waals surface area (Å²) < 4.78 is 5.04. The van der Waals surface area contributed by atoms with Crippen LogP contribution in [0.25, 0.3) is 0 Å². The third kappa shape index (κ3) is 4.19. The van der Waals surface area contributed by atoms with Crippen molar-refractivity contribution in [2.75, 3.05) is 31.7 Å². The van der Waals surface area contributed by atoms with Gasteiger partial charge >= 0.3 is 0 Å². The van der Waals surface area contributed by atoms with Gasteiger partial charge in [-0.15, -0.1) is 0 Å². The molecule has 2 rings (SSSR count). The van der Waals surface area contributed by atoms with Crippen molar-refractivity contribution in [3.63, 3.8) is 0 Å². The van der Waals surface area contributed by atoms with Gasteiger partial charge in [-0.3, -0.25) is 4.79 Å². The van der Waals surface area contributed by atoms with E-state index in [0.29, 0.717) is 6.61 Å². The van der Waals surface area contributed by atoms with Gasteiger partial charge in [-0.05, 0) is 30.9 Å². The van der Waals surface area contributed by atoms with E-state index in [0.717, 1.165) is 44.6 Å². The Hall–Kier alpha value is -1.59. The number of primary amides is 1.